The predicted octanol–water partition coefficient (Wildman–Crippen LogP) is -0.122. The normalized spacial score (nSPS) is 10.3. The smallest absolute Gasteiger partial charge is 0.275 e. The molecule has 1 amide bonds. The quantitative estimate of drug-likeness (QED) is 0.712. The Bertz CT molecular complexity index is 569. The fourth-order valence-electron chi connectivity index (χ4n) is 1.24. The molecule has 94 valence electrons. The van der Waals surface area contributed by atoms with Crippen LogP contribution in [0.4, 0.5) is 11.6 Å². The molecule has 0 saturated carbocycles. The number of nitrogens with one attached hydrogen (secondary N) is 1. The van der Waals surface area contributed by atoms with Gasteiger partial charge in [0, 0.05) is 12.4 Å². The van der Waals surface area contributed by atoms with E-state index in [1.807, 2.05) is 0 Å². The van der Waals surface area contributed by atoms with Gasteiger partial charge in [-0.15, -0.1) is 0 Å². The molecule has 0 saturated heterocycles. The van der Waals surface area contributed by atoms with Crippen LogP contribution in [0, 0.1) is 0 Å². The molecular weight excluding hydrogens is 258 g/mol. The first kappa shape index (κ1) is 12.1. The molecule has 2 heterocycles. The van der Waals surface area contributed by atoms with Crippen molar-refractivity contribution in [1.82, 2.24) is 25.1 Å². The number of halogens is 1. The molecule has 8 nitrogen and oxygen atoms in total. The summed E-state index contributed by atoms with van der Waals surface area (Å²) in [6.45, 7) is 0.189. The topological polar surface area (TPSA) is 125 Å². The van der Waals surface area contributed by atoms with Gasteiger partial charge < -0.3 is 16.8 Å². The Morgan fingerprint density at radius 1 is 1.39 bits per heavy atom. The summed E-state index contributed by atoms with van der Waals surface area (Å²) in [5, 5.41) is 6.43. The van der Waals surface area contributed by atoms with Gasteiger partial charge in [0.25, 0.3) is 5.91 Å². The largest absolute Gasteiger partial charge is 0.382 e. The summed E-state index contributed by atoms with van der Waals surface area (Å²) >= 11 is 5.68. The Kier molecular flexibility index (Phi) is 3.28. The second-order valence-corrected chi connectivity index (χ2v) is 3.70. The molecule has 18 heavy (non-hydrogen) atoms. The number of nitrogens with two attached hydrogens (primary N) is 2. The Morgan fingerprint density at radius 2 is 2.17 bits per heavy atom. The molecule has 0 spiro atoms. The fraction of sp³-hybridized carbons (Fsp3) is 0.111. The number of hydrogen-bond acceptors (Lipinski definition) is 6. The summed E-state index contributed by atoms with van der Waals surface area (Å²) in [5.41, 5.74) is 10.9. The lowest BCUT2D eigenvalue weighted by atomic mass is 10.4. The molecule has 2 aromatic heterocycles. The van der Waals surface area contributed by atoms with Crippen molar-refractivity contribution in [2.75, 3.05) is 11.5 Å². The molecule has 0 aromatic carbocycles. The zero-order valence-corrected chi connectivity index (χ0v) is 9.92. The fourth-order valence-corrected chi connectivity index (χ4v) is 1.37. The SMILES string of the molecule is Nc1nc(N)c(C(=O)NCn2cccn2)nc1Cl. The first-order valence-electron chi connectivity index (χ1n) is 4.92. The van der Waals surface area contributed by atoms with E-state index in [0.717, 1.165) is 0 Å². The molecule has 0 radical (unpaired) electrons. The number of amides is 1. The van der Waals surface area contributed by atoms with E-state index >= 15 is 0 Å². The first-order valence-corrected chi connectivity index (χ1v) is 5.30. The summed E-state index contributed by atoms with van der Waals surface area (Å²) < 4.78 is 1.53. The molecule has 0 bridgehead atoms. The van der Waals surface area contributed by atoms with Crippen LogP contribution < -0.4 is 16.8 Å². The van der Waals surface area contributed by atoms with E-state index in [-0.39, 0.29) is 29.2 Å². The van der Waals surface area contributed by atoms with E-state index in [4.69, 9.17) is 23.1 Å². The van der Waals surface area contributed by atoms with Crippen LogP contribution >= 0.6 is 11.6 Å². The third-order valence-electron chi connectivity index (χ3n) is 2.08. The minimum Gasteiger partial charge on any atom is -0.382 e. The lowest BCUT2D eigenvalue weighted by Gasteiger charge is -2.07. The van der Waals surface area contributed by atoms with Crippen LogP contribution in [-0.4, -0.2) is 25.7 Å². The van der Waals surface area contributed by atoms with Crippen molar-refractivity contribution >= 4 is 29.1 Å². The van der Waals surface area contributed by atoms with Gasteiger partial charge in [0.15, 0.2) is 22.5 Å². The van der Waals surface area contributed by atoms with Gasteiger partial charge in [0.05, 0.1) is 0 Å². The molecule has 9 heteroatoms. The van der Waals surface area contributed by atoms with Crippen molar-refractivity contribution in [2.45, 2.75) is 6.67 Å². The van der Waals surface area contributed by atoms with Crippen molar-refractivity contribution in [1.29, 1.82) is 0 Å². The zero-order chi connectivity index (χ0) is 13.1. The molecule has 5 N–H and O–H groups in total. The number of hydrogen-bond donors (Lipinski definition) is 3. The van der Waals surface area contributed by atoms with Crippen LogP contribution in [0.5, 0.6) is 0 Å². The number of carbonyl (C=O) groups is 1. The highest BCUT2D eigenvalue weighted by atomic mass is 35.5. The average Bonchev–Trinajstić information content (AvgIpc) is 2.84. The Labute approximate surface area is 107 Å². The van der Waals surface area contributed by atoms with E-state index in [2.05, 4.69) is 20.4 Å². The maximum absolute atomic E-state index is 11.8. The highest BCUT2D eigenvalue weighted by Crippen LogP contribution is 2.17. The Hall–Kier alpha value is -2.35. The van der Waals surface area contributed by atoms with Crippen LogP contribution in [0.2, 0.25) is 5.15 Å². The average molecular weight is 268 g/mol. The number of nitrogens with zero attached hydrogens (tertiary/aromatic N) is 4. The highest BCUT2D eigenvalue weighted by Gasteiger charge is 2.15. The third-order valence-corrected chi connectivity index (χ3v) is 2.36. The first-order chi connectivity index (χ1) is 8.58. The van der Waals surface area contributed by atoms with E-state index in [1.54, 1.807) is 18.5 Å². The van der Waals surface area contributed by atoms with Gasteiger partial charge in [0.2, 0.25) is 0 Å². The number of rotatable bonds is 3. The molecule has 0 atom stereocenters. The van der Waals surface area contributed by atoms with Crippen molar-refractivity contribution in [3.8, 4) is 0 Å². The third kappa shape index (κ3) is 2.48. The minimum atomic E-state index is -0.502. The van der Waals surface area contributed by atoms with Gasteiger partial charge in [-0.2, -0.15) is 5.10 Å². The van der Waals surface area contributed by atoms with Crippen LogP contribution in [-0.2, 0) is 6.67 Å². The summed E-state index contributed by atoms with van der Waals surface area (Å²) in [6, 6.07) is 1.74. The van der Waals surface area contributed by atoms with Crippen LogP contribution in [0.25, 0.3) is 0 Å². The zero-order valence-electron chi connectivity index (χ0n) is 9.17. The number of aromatic nitrogens is 4. The lowest BCUT2D eigenvalue weighted by molar-refractivity contribution is 0.0935. The maximum Gasteiger partial charge on any atom is 0.275 e. The Morgan fingerprint density at radius 3 is 2.83 bits per heavy atom. The van der Waals surface area contributed by atoms with Gasteiger partial charge in [-0.1, -0.05) is 11.6 Å². The maximum atomic E-state index is 11.8. The van der Waals surface area contributed by atoms with Gasteiger partial charge >= 0.3 is 0 Å². The van der Waals surface area contributed by atoms with Gasteiger partial charge in [-0.3, -0.25) is 9.48 Å². The minimum absolute atomic E-state index is 0.0159. The molecule has 0 unspecified atom stereocenters. The van der Waals surface area contributed by atoms with E-state index in [9.17, 15) is 4.79 Å². The monoisotopic (exact) mass is 267 g/mol. The summed E-state index contributed by atoms with van der Waals surface area (Å²) in [6.07, 6.45) is 3.30. The second kappa shape index (κ2) is 4.88. The molecule has 0 fully saturated rings. The van der Waals surface area contributed by atoms with Gasteiger partial charge in [0.1, 0.15) is 6.67 Å². The summed E-state index contributed by atoms with van der Waals surface area (Å²) in [4.78, 5) is 19.3. The second-order valence-electron chi connectivity index (χ2n) is 3.34. The number of anilines is 2. The van der Waals surface area contributed by atoms with Crippen molar-refractivity contribution in [3.63, 3.8) is 0 Å². The van der Waals surface area contributed by atoms with E-state index in [0.29, 0.717) is 0 Å². The van der Waals surface area contributed by atoms with Gasteiger partial charge in [-0.05, 0) is 6.07 Å². The van der Waals surface area contributed by atoms with E-state index < -0.39 is 5.91 Å². The molecule has 0 aliphatic carbocycles. The Balaban J connectivity index is 2.11. The van der Waals surface area contributed by atoms with Crippen LogP contribution in [0.3, 0.4) is 0 Å². The predicted molar refractivity (Wildman–Crippen MR) is 65.6 cm³/mol. The van der Waals surface area contributed by atoms with Crippen molar-refractivity contribution < 1.29 is 4.79 Å². The molecule has 2 rings (SSSR count). The number of carbonyl (C=O) groups excluding carboxylic acids is 1. The van der Waals surface area contributed by atoms with Crippen molar-refractivity contribution in [2.24, 2.45) is 0 Å². The van der Waals surface area contributed by atoms with Crippen LogP contribution in [0.15, 0.2) is 18.5 Å². The summed E-state index contributed by atoms with van der Waals surface area (Å²) in [5.74, 6) is -0.593. The standard InChI is InChI=1S/C9H10ClN7O/c10-6-8(12)16-7(11)5(15-6)9(18)13-4-17-3-1-2-14-17/h1-3H,4H2,(H,13,18)(H4,11,12,16). The van der Waals surface area contributed by atoms with Crippen molar-refractivity contribution in [3.05, 3.63) is 29.3 Å². The summed E-state index contributed by atoms with van der Waals surface area (Å²) in [7, 11) is 0. The van der Waals surface area contributed by atoms with Gasteiger partial charge in [-0.25, -0.2) is 9.97 Å². The molecule has 0 aliphatic heterocycles. The lowest BCUT2D eigenvalue weighted by Crippen LogP contribution is -2.28. The molecule has 2 aromatic rings. The highest BCUT2D eigenvalue weighted by molar-refractivity contribution is 6.31. The molecule has 0 aliphatic rings. The van der Waals surface area contributed by atoms with Crippen LogP contribution in [0.1, 0.15) is 10.5 Å². The molecular formula is C9H10ClN7O. The number of nitrogen functional groups attached to an aromatic ring is 2. The van der Waals surface area contributed by atoms with E-state index in [1.165, 1.54) is 4.68 Å².